The first-order chi connectivity index (χ1) is 7.11. The monoisotopic (exact) mass is 214 g/mol. The lowest BCUT2D eigenvalue weighted by Gasteiger charge is -1.99. The van der Waals surface area contributed by atoms with Gasteiger partial charge in [-0.3, -0.25) is 9.59 Å². The molecule has 0 aliphatic heterocycles. The molecule has 2 N–H and O–H groups in total. The second-order valence-corrected chi connectivity index (χ2v) is 4.29. The van der Waals surface area contributed by atoms with Gasteiger partial charge < -0.3 is 10.2 Å². The Kier molecular flexibility index (Phi) is 4.59. The van der Waals surface area contributed by atoms with Crippen molar-refractivity contribution < 1.29 is 19.8 Å². The second kappa shape index (κ2) is 5.73. The van der Waals surface area contributed by atoms with E-state index in [2.05, 4.69) is 0 Å². The average Bonchev–Trinajstić information content (AvgIpc) is 2.90. The molecule has 86 valence electrons. The Morgan fingerprint density at radius 1 is 1.07 bits per heavy atom. The highest BCUT2D eigenvalue weighted by molar-refractivity contribution is 5.73. The number of unbranched alkanes of at least 4 members (excludes halogenated alkanes) is 3. The van der Waals surface area contributed by atoms with Gasteiger partial charge >= 0.3 is 11.9 Å². The molecule has 1 rings (SSSR count). The maximum Gasteiger partial charge on any atom is 0.306 e. The first-order valence-electron chi connectivity index (χ1n) is 5.56. The summed E-state index contributed by atoms with van der Waals surface area (Å²) in [5.74, 6) is -1.10. The SMILES string of the molecule is O=C(O)CCCCCCC1CC1C(=O)O. The van der Waals surface area contributed by atoms with Crippen LogP contribution in [0, 0.1) is 11.8 Å². The third-order valence-corrected chi connectivity index (χ3v) is 2.96. The van der Waals surface area contributed by atoms with E-state index in [0.29, 0.717) is 5.92 Å². The first kappa shape index (κ1) is 12.0. The number of carboxylic acid groups (broad SMARTS) is 2. The van der Waals surface area contributed by atoms with E-state index >= 15 is 0 Å². The van der Waals surface area contributed by atoms with Gasteiger partial charge in [-0.15, -0.1) is 0 Å². The number of rotatable bonds is 8. The lowest BCUT2D eigenvalue weighted by atomic mass is 10.1. The molecule has 1 fully saturated rings. The summed E-state index contributed by atoms with van der Waals surface area (Å²) in [6.45, 7) is 0. The van der Waals surface area contributed by atoms with E-state index in [1.54, 1.807) is 0 Å². The summed E-state index contributed by atoms with van der Waals surface area (Å²) in [5, 5.41) is 17.1. The minimum absolute atomic E-state index is 0.0935. The molecular weight excluding hydrogens is 196 g/mol. The minimum Gasteiger partial charge on any atom is -0.481 e. The molecule has 1 aliphatic rings. The van der Waals surface area contributed by atoms with Crippen LogP contribution in [0.5, 0.6) is 0 Å². The maximum atomic E-state index is 10.5. The molecule has 15 heavy (non-hydrogen) atoms. The van der Waals surface area contributed by atoms with Crippen molar-refractivity contribution in [2.24, 2.45) is 11.8 Å². The van der Waals surface area contributed by atoms with Gasteiger partial charge in [-0.2, -0.15) is 0 Å². The predicted molar refractivity (Wildman–Crippen MR) is 54.6 cm³/mol. The fraction of sp³-hybridized carbons (Fsp3) is 0.818. The molecule has 0 saturated heterocycles. The van der Waals surface area contributed by atoms with E-state index in [1.807, 2.05) is 0 Å². The van der Waals surface area contributed by atoms with E-state index in [1.165, 1.54) is 0 Å². The smallest absolute Gasteiger partial charge is 0.306 e. The third-order valence-electron chi connectivity index (χ3n) is 2.96. The lowest BCUT2D eigenvalue weighted by Crippen LogP contribution is -1.99. The molecule has 0 aromatic carbocycles. The van der Waals surface area contributed by atoms with Crippen LogP contribution >= 0.6 is 0 Å². The normalized spacial score (nSPS) is 23.7. The van der Waals surface area contributed by atoms with Crippen molar-refractivity contribution in [3.8, 4) is 0 Å². The summed E-state index contributed by atoms with van der Waals surface area (Å²) in [6.07, 6.45) is 5.82. The largest absolute Gasteiger partial charge is 0.481 e. The van der Waals surface area contributed by atoms with Crippen LogP contribution in [-0.2, 0) is 9.59 Å². The summed E-state index contributed by atoms with van der Waals surface area (Å²) in [6, 6.07) is 0. The number of hydrogen-bond acceptors (Lipinski definition) is 2. The molecular formula is C11H18O4. The van der Waals surface area contributed by atoms with Gasteiger partial charge in [0.05, 0.1) is 5.92 Å². The van der Waals surface area contributed by atoms with Gasteiger partial charge in [-0.1, -0.05) is 19.3 Å². The van der Waals surface area contributed by atoms with Gasteiger partial charge in [0.25, 0.3) is 0 Å². The Labute approximate surface area is 89.3 Å². The zero-order valence-electron chi connectivity index (χ0n) is 8.82. The van der Waals surface area contributed by atoms with E-state index in [9.17, 15) is 9.59 Å². The first-order valence-corrected chi connectivity index (χ1v) is 5.56. The van der Waals surface area contributed by atoms with E-state index < -0.39 is 11.9 Å². The van der Waals surface area contributed by atoms with Crippen molar-refractivity contribution in [3.63, 3.8) is 0 Å². The Hall–Kier alpha value is -1.06. The summed E-state index contributed by atoms with van der Waals surface area (Å²) in [4.78, 5) is 20.7. The predicted octanol–water partition coefficient (Wildman–Crippen LogP) is 2.13. The van der Waals surface area contributed by atoms with Crippen LogP contribution in [0.25, 0.3) is 0 Å². The Bertz CT molecular complexity index is 237. The van der Waals surface area contributed by atoms with Crippen molar-refractivity contribution in [2.45, 2.75) is 44.9 Å². The number of carbonyl (C=O) groups is 2. The molecule has 2 unspecified atom stereocenters. The molecule has 0 radical (unpaired) electrons. The Balaban J connectivity index is 1.86. The van der Waals surface area contributed by atoms with Crippen molar-refractivity contribution >= 4 is 11.9 Å². The molecule has 1 saturated carbocycles. The van der Waals surface area contributed by atoms with Gasteiger partial charge in [0.1, 0.15) is 0 Å². The number of aliphatic carboxylic acids is 2. The summed E-state index contributed by atoms with van der Waals surface area (Å²) in [7, 11) is 0. The quantitative estimate of drug-likeness (QED) is 0.607. The molecule has 0 amide bonds. The maximum absolute atomic E-state index is 10.5. The lowest BCUT2D eigenvalue weighted by molar-refractivity contribution is -0.139. The fourth-order valence-corrected chi connectivity index (χ4v) is 1.91. The van der Waals surface area contributed by atoms with Crippen molar-refractivity contribution in [3.05, 3.63) is 0 Å². The molecule has 0 bridgehead atoms. The fourth-order valence-electron chi connectivity index (χ4n) is 1.91. The van der Waals surface area contributed by atoms with Crippen molar-refractivity contribution in [1.29, 1.82) is 0 Å². The summed E-state index contributed by atoms with van der Waals surface area (Å²) >= 11 is 0. The van der Waals surface area contributed by atoms with Crippen LogP contribution in [0.3, 0.4) is 0 Å². The van der Waals surface area contributed by atoms with Crippen molar-refractivity contribution in [1.82, 2.24) is 0 Å². The molecule has 4 nitrogen and oxygen atoms in total. The van der Waals surface area contributed by atoms with Crippen LogP contribution in [-0.4, -0.2) is 22.2 Å². The molecule has 0 aromatic rings. The minimum atomic E-state index is -0.733. The molecule has 1 aliphatic carbocycles. The van der Waals surface area contributed by atoms with Crippen LogP contribution in [0.4, 0.5) is 0 Å². The van der Waals surface area contributed by atoms with E-state index in [4.69, 9.17) is 10.2 Å². The van der Waals surface area contributed by atoms with Crippen molar-refractivity contribution in [2.75, 3.05) is 0 Å². The molecule has 2 atom stereocenters. The van der Waals surface area contributed by atoms with Gasteiger partial charge in [0.15, 0.2) is 0 Å². The zero-order valence-corrected chi connectivity index (χ0v) is 8.82. The highest BCUT2D eigenvalue weighted by atomic mass is 16.4. The third kappa shape index (κ3) is 4.81. The highest BCUT2D eigenvalue weighted by Crippen LogP contribution is 2.42. The van der Waals surface area contributed by atoms with E-state index in [0.717, 1.165) is 38.5 Å². The summed E-state index contributed by atoms with van der Waals surface area (Å²) < 4.78 is 0. The second-order valence-electron chi connectivity index (χ2n) is 4.29. The van der Waals surface area contributed by atoms with E-state index in [-0.39, 0.29) is 12.3 Å². The van der Waals surface area contributed by atoms with Crippen LogP contribution in [0.1, 0.15) is 44.9 Å². The molecule has 0 spiro atoms. The number of hydrogen-bond donors (Lipinski definition) is 2. The molecule has 0 heterocycles. The summed E-state index contributed by atoms with van der Waals surface area (Å²) in [5.41, 5.74) is 0. The molecule has 4 heteroatoms. The van der Waals surface area contributed by atoms with Gasteiger partial charge in [-0.25, -0.2) is 0 Å². The van der Waals surface area contributed by atoms with Crippen LogP contribution in [0.2, 0.25) is 0 Å². The standard InChI is InChI=1S/C11H18O4/c12-10(13)6-4-2-1-3-5-8-7-9(8)11(14)15/h8-9H,1-7H2,(H,12,13)(H,14,15). The van der Waals surface area contributed by atoms with Gasteiger partial charge in [-0.05, 0) is 25.2 Å². The highest BCUT2D eigenvalue weighted by Gasteiger charge is 2.42. The van der Waals surface area contributed by atoms with Gasteiger partial charge in [0, 0.05) is 6.42 Å². The van der Waals surface area contributed by atoms with Crippen LogP contribution < -0.4 is 0 Å². The van der Waals surface area contributed by atoms with Crippen LogP contribution in [0.15, 0.2) is 0 Å². The topological polar surface area (TPSA) is 74.6 Å². The Morgan fingerprint density at radius 3 is 2.27 bits per heavy atom. The average molecular weight is 214 g/mol. The molecule has 0 aromatic heterocycles. The number of carboxylic acids is 2. The Morgan fingerprint density at radius 2 is 1.73 bits per heavy atom. The zero-order chi connectivity index (χ0) is 11.3. The van der Waals surface area contributed by atoms with Gasteiger partial charge in [0.2, 0.25) is 0 Å².